The highest BCUT2D eigenvalue weighted by Gasteiger charge is 2.25. The van der Waals surface area contributed by atoms with E-state index in [-0.39, 0.29) is 18.9 Å². The molecule has 0 aromatic carbocycles. The van der Waals surface area contributed by atoms with Crippen molar-refractivity contribution in [2.45, 2.75) is 18.9 Å². The topological polar surface area (TPSA) is 151 Å². The molecule has 0 rings (SSSR count). The minimum absolute atomic E-state index is 0.189. The molecule has 0 fully saturated rings. The van der Waals surface area contributed by atoms with E-state index in [2.05, 4.69) is 10.6 Å². The Balaban J connectivity index is 4.41. The number of guanidine groups is 1. The summed E-state index contributed by atoms with van der Waals surface area (Å²) in [7, 11) is 0. The molecule has 0 aliphatic heterocycles. The van der Waals surface area contributed by atoms with Gasteiger partial charge in [-0.05, 0) is 12.8 Å². The summed E-state index contributed by atoms with van der Waals surface area (Å²) >= 11 is 5.30. The Morgan fingerprint density at radius 1 is 1.32 bits per heavy atom. The lowest BCUT2D eigenvalue weighted by Gasteiger charge is -2.16. The minimum Gasteiger partial charge on any atom is -0.370 e. The maximum Gasteiger partial charge on any atom is 0.234 e. The molecule has 8 nitrogen and oxygen atoms in total. The minimum atomic E-state index is -0.948. The van der Waals surface area contributed by atoms with Crippen LogP contribution in [-0.4, -0.2) is 48.4 Å². The lowest BCUT2D eigenvalue weighted by Crippen LogP contribution is -2.46. The Kier molecular flexibility index (Phi) is 8.47. The van der Waals surface area contributed by atoms with Crippen LogP contribution in [-0.2, 0) is 14.4 Å². The van der Waals surface area contributed by atoms with Crippen molar-refractivity contribution in [3.63, 3.8) is 0 Å². The largest absolute Gasteiger partial charge is 0.370 e. The summed E-state index contributed by atoms with van der Waals surface area (Å²) in [6, 6.07) is -0.948. The summed E-state index contributed by atoms with van der Waals surface area (Å²) in [5, 5.41) is 11.9. The zero-order chi connectivity index (χ0) is 14.8. The zero-order valence-electron chi connectivity index (χ0n) is 10.4. The van der Waals surface area contributed by atoms with Crippen LogP contribution in [0.3, 0.4) is 0 Å². The molecule has 0 spiro atoms. The Bertz CT molecular complexity index is 361. The van der Waals surface area contributed by atoms with E-state index in [0.717, 1.165) is 0 Å². The molecule has 1 atom stereocenters. The molecule has 0 saturated heterocycles. The third-order valence-corrected chi connectivity index (χ3v) is 2.46. The molecule has 1 amide bonds. The number of carbonyl (C=O) groups excluding carboxylic acids is 3. The summed E-state index contributed by atoms with van der Waals surface area (Å²) < 4.78 is 0. The first-order valence-electron chi connectivity index (χ1n) is 5.62. The van der Waals surface area contributed by atoms with E-state index in [4.69, 9.17) is 28.5 Å². The number of ketones is 2. The van der Waals surface area contributed by atoms with Crippen LogP contribution >= 0.6 is 11.6 Å². The number of hydrogen-bond acceptors (Lipinski definition) is 5. The van der Waals surface area contributed by atoms with Crippen LogP contribution < -0.4 is 22.1 Å². The summed E-state index contributed by atoms with van der Waals surface area (Å²) in [4.78, 5) is 34.1. The molecule has 9 heteroatoms. The van der Waals surface area contributed by atoms with Gasteiger partial charge in [0.15, 0.2) is 5.96 Å². The third-order valence-electron chi connectivity index (χ3n) is 2.22. The summed E-state index contributed by atoms with van der Waals surface area (Å²) in [5.41, 5.74) is 10.2. The van der Waals surface area contributed by atoms with Gasteiger partial charge < -0.3 is 22.1 Å². The van der Waals surface area contributed by atoms with Gasteiger partial charge >= 0.3 is 0 Å². The Labute approximate surface area is 115 Å². The quantitative estimate of drug-likeness (QED) is 0.110. The van der Waals surface area contributed by atoms with Gasteiger partial charge in [0.25, 0.3) is 0 Å². The van der Waals surface area contributed by atoms with E-state index in [0.29, 0.717) is 13.0 Å². The van der Waals surface area contributed by atoms with Crippen LogP contribution in [0.1, 0.15) is 12.8 Å². The number of alkyl halides is 1. The van der Waals surface area contributed by atoms with Crippen molar-refractivity contribution in [1.82, 2.24) is 10.6 Å². The number of hydrogen-bond donors (Lipinski definition) is 5. The number of halogens is 1. The van der Waals surface area contributed by atoms with Crippen LogP contribution in [0.2, 0.25) is 0 Å². The number of nitrogens with two attached hydrogens (primary N) is 2. The first kappa shape index (κ1) is 17.3. The van der Waals surface area contributed by atoms with Gasteiger partial charge in [-0.15, -0.1) is 11.6 Å². The fourth-order valence-electron chi connectivity index (χ4n) is 1.31. The molecule has 0 aromatic heterocycles. The lowest BCUT2D eigenvalue weighted by atomic mass is 10.0. The third kappa shape index (κ3) is 7.37. The zero-order valence-corrected chi connectivity index (χ0v) is 11.1. The maximum atomic E-state index is 11.7. The molecule has 7 N–H and O–H groups in total. The van der Waals surface area contributed by atoms with E-state index in [1.165, 1.54) is 0 Å². The fourth-order valence-corrected chi connectivity index (χ4v) is 1.44. The number of nitrogens with one attached hydrogen (secondary N) is 3. The van der Waals surface area contributed by atoms with Crippen molar-refractivity contribution in [2.75, 3.05) is 19.0 Å². The van der Waals surface area contributed by atoms with Gasteiger partial charge in [0.05, 0.1) is 18.5 Å². The van der Waals surface area contributed by atoms with Gasteiger partial charge in [0, 0.05) is 6.54 Å². The Morgan fingerprint density at radius 2 is 1.95 bits per heavy atom. The van der Waals surface area contributed by atoms with E-state index < -0.39 is 29.4 Å². The van der Waals surface area contributed by atoms with Crippen molar-refractivity contribution in [3.8, 4) is 0 Å². The van der Waals surface area contributed by atoms with Crippen molar-refractivity contribution in [2.24, 2.45) is 11.5 Å². The van der Waals surface area contributed by atoms with Gasteiger partial charge in [-0.25, -0.2) is 0 Å². The molecular formula is C10H18ClN5O3. The van der Waals surface area contributed by atoms with Crippen molar-refractivity contribution < 1.29 is 14.4 Å². The van der Waals surface area contributed by atoms with Gasteiger partial charge in [-0.2, -0.15) is 0 Å². The maximum absolute atomic E-state index is 11.7. The highest BCUT2D eigenvalue weighted by molar-refractivity contribution is 6.48. The van der Waals surface area contributed by atoms with E-state index in [1.807, 2.05) is 0 Å². The van der Waals surface area contributed by atoms with E-state index in [9.17, 15) is 14.4 Å². The van der Waals surface area contributed by atoms with Crippen LogP contribution in [0.4, 0.5) is 0 Å². The first-order valence-corrected chi connectivity index (χ1v) is 6.16. The van der Waals surface area contributed by atoms with Gasteiger partial charge in [0.1, 0.15) is 0 Å². The normalized spacial score (nSPS) is 11.5. The molecule has 0 heterocycles. The summed E-state index contributed by atoms with van der Waals surface area (Å²) in [6.45, 7) is 0.0806. The second-order valence-corrected chi connectivity index (χ2v) is 4.00. The average molecular weight is 292 g/mol. The Hall–Kier alpha value is -1.67. The monoisotopic (exact) mass is 291 g/mol. The molecule has 0 radical (unpaired) electrons. The van der Waals surface area contributed by atoms with Crippen molar-refractivity contribution >= 4 is 35.0 Å². The second kappa shape index (κ2) is 9.29. The SMILES string of the molecule is N=C(N)NCCC[C@H](NC(=O)CN)C(=O)C(=O)CCl. The molecular weight excluding hydrogens is 274 g/mol. The van der Waals surface area contributed by atoms with E-state index in [1.54, 1.807) is 0 Å². The van der Waals surface area contributed by atoms with Crippen LogP contribution in [0, 0.1) is 5.41 Å². The molecule has 19 heavy (non-hydrogen) atoms. The van der Waals surface area contributed by atoms with Crippen LogP contribution in [0.25, 0.3) is 0 Å². The van der Waals surface area contributed by atoms with Crippen LogP contribution in [0.5, 0.6) is 0 Å². The fraction of sp³-hybridized carbons (Fsp3) is 0.600. The van der Waals surface area contributed by atoms with Crippen LogP contribution in [0.15, 0.2) is 0 Å². The lowest BCUT2D eigenvalue weighted by molar-refractivity contribution is -0.137. The van der Waals surface area contributed by atoms with Gasteiger partial charge in [-0.3, -0.25) is 19.8 Å². The molecule has 0 saturated carbocycles. The number of amides is 1. The molecule has 0 aromatic rings. The number of rotatable bonds is 9. The Morgan fingerprint density at radius 3 is 2.42 bits per heavy atom. The van der Waals surface area contributed by atoms with E-state index >= 15 is 0 Å². The summed E-state index contributed by atoms with van der Waals surface area (Å²) in [5.74, 6) is -2.66. The average Bonchev–Trinajstić information content (AvgIpc) is 2.39. The molecule has 0 aliphatic rings. The highest BCUT2D eigenvalue weighted by Crippen LogP contribution is 2.00. The summed E-state index contributed by atoms with van der Waals surface area (Å²) in [6.07, 6.45) is 0.671. The standard InChI is InChI=1S/C10H18ClN5O3/c11-4-7(17)9(19)6(16-8(18)5-12)2-1-3-15-10(13)14/h6H,1-5,12H2,(H,16,18)(H4,13,14,15)/t6-/m0/s1. The van der Waals surface area contributed by atoms with Crippen molar-refractivity contribution in [1.29, 1.82) is 5.41 Å². The smallest absolute Gasteiger partial charge is 0.234 e. The predicted molar refractivity (Wildman–Crippen MR) is 70.9 cm³/mol. The second-order valence-electron chi connectivity index (χ2n) is 3.73. The molecule has 0 bridgehead atoms. The molecule has 108 valence electrons. The van der Waals surface area contributed by atoms with Gasteiger partial charge in [-0.1, -0.05) is 0 Å². The highest BCUT2D eigenvalue weighted by atomic mass is 35.5. The van der Waals surface area contributed by atoms with Crippen molar-refractivity contribution in [3.05, 3.63) is 0 Å². The first-order chi connectivity index (χ1) is 8.92. The molecule has 0 unspecified atom stereocenters. The number of Topliss-reactive ketones (excluding diaryl/α,β-unsaturated/α-hetero) is 2. The van der Waals surface area contributed by atoms with Gasteiger partial charge in [0.2, 0.25) is 17.5 Å². The molecule has 0 aliphatic carbocycles. The predicted octanol–water partition coefficient (Wildman–Crippen LogP) is -1.93. The number of carbonyl (C=O) groups is 3.